The summed E-state index contributed by atoms with van der Waals surface area (Å²) in [5, 5.41) is 18.8. The van der Waals surface area contributed by atoms with Crippen LogP contribution >= 0.6 is 0 Å². The number of aromatic carboxylic acids is 1. The Balaban J connectivity index is 3.35. The molecule has 1 rings (SSSR count). The zero-order valence-electron chi connectivity index (χ0n) is 12.6. The second-order valence-electron chi connectivity index (χ2n) is 5.53. The molecule has 0 aliphatic rings. The molecule has 0 spiro atoms. The number of rotatable bonds is 6. The minimum Gasteiger partial charge on any atom is -0.478 e. The first kappa shape index (κ1) is 17.6. The first-order valence-electron chi connectivity index (χ1n) is 6.55. The van der Waals surface area contributed by atoms with Gasteiger partial charge in [0.1, 0.15) is 0 Å². The second kappa shape index (κ2) is 6.13. The van der Waals surface area contributed by atoms with Crippen LogP contribution in [0.15, 0.2) is 23.1 Å². The Labute approximate surface area is 125 Å². The van der Waals surface area contributed by atoms with Crippen LogP contribution < -0.4 is 0 Å². The van der Waals surface area contributed by atoms with Gasteiger partial charge in [0.2, 0.25) is 10.0 Å². The molecule has 0 fully saturated rings. The van der Waals surface area contributed by atoms with Crippen molar-refractivity contribution in [2.45, 2.75) is 38.2 Å². The van der Waals surface area contributed by atoms with Crippen molar-refractivity contribution in [3.8, 4) is 0 Å². The predicted octanol–water partition coefficient (Wildman–Crippen LogP) is 1.47. The minimum atomic E-state index is -3.86. The maximum atomic E-state index is 12.7. The lowest BCUT2D eigenvalue weighted by Gasteiger charge is -2.28. The van der Waals surface area contributed by atoms with E-state index in [-0.39, 0.29) is 23.5 Å². The summed E-state index contributed by atoms with van der Waals surface area (Å²) in [6.45, 7) is 6.43. The van der Waals surface area contributed by atoms with Crippen molar-refractivity contribution < 1.29 is 23.4 Å². The first-order valence-corrected chi connectivity index (χ1v) is 7.99. The van der Waals surface area contributed by atoms with Crippen molar-refractivity contribution in [1.82, 2.24) is 4.31 Å². The van der Waals surface area contributed by atoms with Gasteiger partial charge in [-0.25, -0.2) is 13.2 Å². The highest BCUT2D eigenvalue weighted by Gasteiger charge is 2.30. The number of benzene rings is 1. The van der Waals surface area contributed by atoms with E-state index in [0.29, 0.717) is 5.56 Å². The van der Waals surface area contributed by atoms with E-state index in [1.54, 1.807) is 13.8 Å². The van der Waals surface area contributed by atoms with E-state index in [1.807, 2.05) is 0 Å². The average molecular weight is 315 g/mol. The second-order valence-corrected chi connectivity index (χ2v) is 7.44. The predicted molar refractivity (Wildman–Crippen MR) is 78.9 cm³/mol. The molecular formula is C14H21NO5S. The fourth-order valence-corrected chi connectivity index (χ4v) is 3.80. The van der Waals surface area contributed by atoms with Crippen LogP contribution in [-0.2, 0) is 10.0 Å². The van der Waals surface area contributed by atoms with E-state index >= 15 is 0 Å². The molecule has 0 radical (unpaired) electrons. The fourth-order valence-electron chi connectivity index (χ4n) is 1.95. The van der Waals surface area contributed by atoms with Crippen LogP contribution in [0.4, 0.5) is 0 Å². The van der Waals surface area contributed by atoms with Gasteiger partial charge in [-0.05, 0) is 38.5 Å². The van der Waals surface area contributed by atoms with E-state index in [4.69, 9.17) is 5.11 Å². The van der Waals surface area contributed by atoms with Gasteiger partial charge in [0, 0.05) is 13.1 Å². The molecule has 1 aromatic carbocycles. The molecule has 0 amide bonds. The van der Waals surface area contributed by atoms with E-state index in [0.717, 1.165) is 10.4 Å². The molecule has 2 N–H and O–H groups in total. The number of carboxylic acid groups (broad SMARTS) is 1. The van der Waals surface area contributed by atoms with Gasteiger partial charge in [-0.1, -0.05) is 13.0 Å². The van der Waals surface area contributed by atoms with E-state index in [2.05, 4.69) is 0 Å². The summed E-state index contributed by atoms with van der Waals surface area (Å²) in [6, 6.07) is 3.98. The number of hydrogen-bond acceptors (Lipinski definition) is 4. The molecule has 0 bridgehead atoms. The third kappa shape index (κ3) is 4.26. The van der Waals surface area contributed by atoms with Gasteiger partial charge in [0.05, 0.1) is 16.1 Å². The molecule has 7 heteroatoms. The van der Waals surface area contributed by atoms with Crippen molar-refractivity contribution in [3.05, 3.63) is 29.3 Å². The lowest BCUT2D eigenvalue weighted by atomic mass is 10.1. The topological polar surface area (TPSA) is 94.9 Å². The number of aryl methyl sites for hydroxylation is 1. The highest BCUT2D eigenvalue weighted by molar-refractivity contribution is 7.89. The number of carbonyl (C=O) groups is 1. The molecule has 0 atom stereocenters. The fraction of sp³-hybridized carbons (Fsp3) is 0.500. The van der Waals surface area contributed by atoms with E-state index in [1.165, 1.54) is 26.0 Å². The van der Waals surface area contributed by atoms with Crippen molar-refractivity contribution in [3.63, 3.8) is 0 Å². The third-order valence-electron chi connectivity index (χ3n) is 2.97. The number of carboxylic acids is 1. The number of aliphatic hydroxyl groups is 1. The smallest absolute Gasteiger partial charge is 0.335 e. The van der Waals surface area contributed by atoms with Crippen LogP contribution in [0.1, 0.15) is 36.7 Å². The number of likely N-dealkylation sites (N-methyl/N-ethyl adjacent to an activating group) is 1. The Bertz CT molecular complexity index is 631. The summed E-state index contributed by atoms with van der Waals surface area (Å²) in [4.78, 5) is 11.0. The highest BCUT2D eigenvalue weighted by Crippen LogP contribution is 2.23. The average Bonchev–Trinajstić information content (AvgIpc) is 2.34. The molecule has 0 aliphatic carbocycles. The van der Waals surface area contributed by atoms with Gasteiger partial charge >= 0.3 is 5.97 Å². The van der Waals surface area contributed by atoms with Crippen LogP contribution in [-0.4, -0.2) is 47.6 Å². The van der Waals surface area contributed by atoms with E-state index in [9.17, 15) is 18.3 Å². The number of hydrogen-bond donors (Lipinski definition) is 2. The zero-order valence-corrected chi connectivity index (χ0v) is 13.4. The third-order valence-corrected chi connectivity index (χ3v) is 5.03. The molecule has 118 valence electrons. The highest BCUT2D eigenvalue weighted by atomic mass is 32.2. The largest absolute Gasteiger partial charge is 0.478 e. The first-order chi connectivity index (χ1) is 9.49. The Kier molecular flexibility index (Phi) is 5.14. The maximum Gasteiger partial charge on any atom is 0.335 e. The summed E-state index contributed by atoms with van der Waals surface area (Å²) in [5.41, 5.74) is -0.797. The Morgan fingerprint density at radius 3 is 2.33 bits per heavy atom. The molecule has 0 unspecified atom stereocenters. The summed E-state index contributed by atoms with van der Waals surface area (Å²) >= 11 is 0. The summed E-state index contributed by atoms with van der Waals surface area (Å²) < 4.78 is 26.5. The summed E-state index contributed by atoms with van der Waals surface area (Å²) in [6.07, 6.45) is 0. The molecular weight excluding hydrogens is 294 g/mol. The quantitative estimate of drug-likeness (QED) is 0.829. The monoisotopic (exact) mass is 315 g/mol. The van der Waals surface area contributed by atoms with Gasteiger partial charge in [0.25, 0.3) is 0 Å². The Morgan fingerprint density at radius 2 is 1.90 bits per heavy atom. The zero-order chi connectivity index (χ0) is 16.4. The lowest BCUT2D eigenvalue weighted by Crippen LogP contribution is -2.42. The number of sulfonamides is 1. The van der Waals surface area contributed by atoms with Crippen molar-refractivity contribution in [2.24, 2.45) is 0 Å². The SMILES string of the molecule is CCN(CC(C)(C)O)S(=O)(=O)c1cc(C(=O)O)ccc1C. The van der Waals surface area contributed by atoms with E-state index < -0.39 is 21.6 Å². The Morgan fingerprint density at radius 1 is 1.33 bits per heavy atom. The molecule has 6 nitrogen and oxygen atoms in total. The van der Waals surface area contributed by atoms with Gasteiger partial charge in [0.15, 0.2) is 0 Å². The van der Waals surface area contributed by atoms with Crippen LogP contribution in [0.5, 0.6) is 0 Å². The van der Waals surface area contributed by atoms with Gasteiger partial charge in [-0.2, -0.15) is 4.31 Å². The number of nitrogens with zero attached hydrogens (tertiary/aromatic N) is 1. The van der Waals surface area contributed by atoms with Crippen molar-refractivity contribution in [1.29, 1.82) is 0 Å². The normalized spacial score (nSPS) is 12.7. The molecule has 0 saturated heterocycles. The van der Waals surface area contributed by atoms with Gasteiger partial charge in [-0.3, -0.25) is 0 Å². The minimum absolute atomic E-state index is 0.0477. The van der Waals surface area contributed by atoms with Gasteiger partial charge < -0.3 is 10.2 Å². The van der Waals surface area contributed by atoms with Crippen LogP contribution in [0, 0.1) is 6.92 Å². The molecule has 0 heterocycles. The molecule has 0 saturated carbocycles. The molecule has 0 aromatic heterocycles. The standard InChI is InChI=1S/C14H21NO5S/c1-5-15(9-14(3,4)18)21(19,20)12-8-11(13(16)17)7-6-10(12)2/h6-8,18H,5,9H2,1-4H3,(H,16,17). The molecule has 21 heavy (non-hydrogen) atoms. The van der Waals surface area contributed by atoms with Gasteiger partial charge in [-0.15, -0.1) is 0 Å². The Hall–Kier alpha value is -1.44. The molecule has 0 aliphatic heterocycles. The van der Waals surface area contributed by atoms with Crippen LogP contribution in [0.25, 0.3) is 0 Å². The van der Waals surface area contributed by atoms with Crippen LogP contribution in [0.2, 0.25) is 0 Å². The van der Waals surface area contributed by atoms with Crippen molar-refractivity contribution >= 4 is 16.0 Å². The van der Waals surface area contributed by atoms with Crippen molar-refractivity contribution in [2.75, 3.05) is 13.1 Å². The lowest BCUT2D eigenvalue weighted by molar-refractivity contribution is 0.0600. The van der Waals surface area contributed by atoms with Crippen LogP contribution in [0.3, 0.4) is 0 Å². The summed E-state index contributed by atoms with van der Waals surface area (Å²) in [5.74, 6) is -1.18. The summed E-state index contributed by atoms with van der Waals surface area (Å²) in [7, 11) is -3.86. The molecule has 1 aromatic rings. The maximum absolute atomic E-state index is 12.7.